The van der Waals surface area contributed by atoms with E-state index >= 15 is 0 Å². The second-order valence-corrected chi connectivity index (χ2v) is 4.22. The Morgan fingerprint density at radius 2 is 2.11 bits per heavy atom. The maximum absolute atomic E-state index is 6.02. The predicted octanol–water partition coefficient (Wildman–Crippen LogP) is 2.87. The Labute approximate surface area is 114 Å². The van der Waals surface area contributed by atoms with Crippen LogP contribution in [-0.4, -0.2) is 26.4 Å². The first kappa shape index (κ1) is 11.9. The van der Waals surface area contributed by atoms with Crippen molar-refractivity contribution < 1.29 is 4.74 Å². The van der Waals surface area contributed by atoms with Crippen LogP contribution in [-0.2, 0) is 0 Å². The van der Waals surface area contributed by atoms with Crippen molar-refractivity contribution in [1.29, 1.82) is 0 Å². The van der Waals surface area contributed by atoms with Gasteiger partial charge in [0.15, 0.2) is 5.65 Å². The second-order valence-electron chi connectivity index (χ2n) is 3.86. The summed E-state index contributed by atoms with van der Waals surface area (Å²) in [5.41, 5.74) is 1.49. The van der Waals surface area contributed by atoms with Gasteiger partial charge < -0.3 is 4.74 Å². The summed E-state index contributed by atoms with van der Waals surface area (Å²) in [5, 5.41) is 5.43. The third-order valence-corrected chi connectivity index (χ3v) is 3.01. The van der Waals surface area contributed by atoms with Gasteiger partial charge in [-0.3, -0.25) is 0 Å². The zero-order valence-electron chi connectivity index (χ0n) is 10.2. The van der Waals surface area contributed by atoms with Crippen LogP contribution in [0.4, 0.5) is 0 Å². The van der Waals surface area contributed by atoms with E-state index in [-0.39, 0.29) is 0 Å². The summed E-state index contributed by atoms with van der Waals surface area (Å²) in [6, 6.07) is 7.67. The van der Waals surface area contributed by atoms with Gasteiger partial charge in [-0.05, 0) is 19.1 Å². The molecule has 0 atom stereocenters. The number of ether oxygens (including phenoxy) is 1. The predicted molar refractivity (Wildman–Crippen MR) is 72.8 cm³/mol. The molecular formula is C13H11ClN4O. The number of aromatic nitrogens is 4. The summed E-state index contributed by atoms with van der Waals surface area (Å²) in [6.07, 6.45) is 3.08. The van der Waals surface area contributed by atoms with E-state index in [0.29, 0.717) is 17.4 Å². The molecule has 0 radical (unpaired) electrons. The lowest BCUT2D eigenvalue weighted by atomic mass is 10.3. The van der Waals surface area contributed by atoms with E-state index in [9.17, 15) is 0 Å². The average Bonchev–Trinajstić information content (AvgIpc) is 2.85. The smallest absolute Gasteiger partial charge is 0.167 e. The number of benzene rings is 1. The summed E-state index contributed by atoms with van der Waals surface area (Å²) in [7, 11) is 0. The molecule has 96 valence electrons. The van der Waals surface area contributed by atoms with E-state index in [2.05, 4.69) is 15.1 Å². The average molecular weight is 275 g/mol. The van der Waals surface area contributed by atoms with E-state index < -0.39 is 0 Å². The molecule has 3 aromatic rings. The van der Waals surface area contributed by atoms with Crippen molar-refractivity contribution in [3.63, 3.8) is 0 Å². The van der Waals surface area contributed by atoms with Gasteiger partial charge in [0.25, 0.3) is 0 Å². The van der Waals surface area contributed by atoms with Crippen molar-refractivity contribution >= 4 is 22.6 Å². The molecule has 5 nitrogen and oxygen atoms in total. The summed E-state index contributed by atoms with van der Waals surface area (Å²) in [5.74, 6) is 0.754. The van der Waals surface area contributed by atoms with Crippen LogP contribution in [0.1, 0.15) is 6.92 Å². The molecule has 0 aliphatic heterocycles. The lowest BCUT2D eigenvalue weighted by Crippen LogP contribution is -2.02. The molecule has 19 heavy (non-hydrogen) atoms. The van der Waals surface area contributed by atoms with Crippen LogP contribution >= 0.6 is 11.6 Å². The molecule has 0 bridgehead atoms. The van der Waals surface area contributed by atoms with Gasteiger partial charge in [0.05, 0.1) is 18.2 Å². The van der Waals surface area contributed by atoms with E-state index in [1.165, 1.54) is 6.33 Å². The van der Waals surface area contributed by atoms with Gasteiger partial charge in [0, 0.05) is 0 Å². The number of hydrogen-bond acceptors (Lipinski definition) is 4. The van der Waals surface area contributed by atoms with Crippen molar-refractivity contribution in [2.45, 2.75) is 6.92 Å². The quantitative estimate of drug-likeness (QED) is 0.689. The molecule has 0 saturated heterocycles. The highest BCUT2D eigenvalue weighted by Crippen LogP contribution is 2.26. The summed E-state index contributed by atoms with van der Waals surface area (Å²) < 4.78 is 7.30. The topological polar surface area (TPSA) is 52.8 Å². The number of hydrogen-bond donors (Lipinski definition) is 0. The lowest BCUT2D eigenvalue weighted by molar-refractivity contribution is 0.338. The number of halogens is 1. The third-order valence-electron chi connectivity index (χ3n) is 2.71. The second kappa shape index (κ2) is 4.85. The first-order valence-corrected chi connectivity index (χ1v) is 6.25. The molecule has 0 aliphatic carbocycles. The largest absolute Gasteiger partial charge is 0.492 e. The Morgan fingerprint density at radius 3 is 2.95 bits per heavy atom. The minimum atomic E-state index is 0.394. The zero-order valence-corrected chi connectivity index (χ0v) is 11.0. The van der Waals surface area contributed by atoms with Crippen molar-refractivity contribution in [2.24, 2.45) is 0 Å². The first-order chi connectivity index (χ1) is 9.31. The molecule has 2 heterocycles. The van der Waals surface area contributed by atoms with E-state index in [4.69, 9.17) is 16.3 Å². The van der Waals surface area contributed by atoms with Crippen LogP contribution in [0, 0.1) is 0 Å². The zero-order chi connectivity index (χ0) is 13.2. The Hall–Kier alpha value is -2.14. The fourth-order valence-electron chi connectivity index (χ4n) is 1.90. The standard InChI is InChI=1S/C13H11ClN4O/c1-2-19-11-6-4-3-5-10(11)18-13-9(7-17-18)12(14)15-8-16-13/h3-8H,2H2,1H3. The van der Waals surface area contributed by atoms with E-state index in [1.807, 2.05) is 31.2 Å². The Morgan fingerprint density at radius 1 is 1.26 bits per heavy atom. The molecule has 0 fully saturated rings. The van der Waals surface area contributed by atoms with Gasteiger partial charge in [-0.25, -0.2) is 14.6 Å². The van der Waals surface area contributed by atoms with Crippen molar-refractivity contribution in [2.75, 3.05) is 6.61 Å². The number of para-hydroxylation sites is 2. The molecule has 0 unspecified atom stereocenters. The van der Waals surface area contributed by atoms with Crippen LogP contribution in [0.25, 0.3) is 16.7 Å². The van der Waals surface area contributed by atoms with Crippen LogP contribution in [0.5, 0.6) is 5.75 Å². The highest BCUT2D eigenvalue weighted by Gasteiger charge is 2.12. The van der Waals surface area contributed by atoms with Gasteiger partial charge in [-0.2, -0.15) is 5.10 Å². The van der Waals surface area contributed by atoms with Gasteiger partial charge >= 0.3 is 0 Å². The van der Waals surface area contributed by atoms with Crippen LogP contribution in [0.3, 0.4) is 0 Å². The molecule has 2 aromatic heterocycles. The molecule has 1 aromatic carbocycles. The molecule has 0 spiro atoms. The SMILES string of the molecule is CCOc1ccccc1-n1ncc2c(Cl)ncnc21. The van der Waals surface area contributed by atoms with Gasteiger partial charge in [-0.15, -0.1) is 0 Å². The summed E-state index contributed by atoms with van der Waals surface area (Å²) in [6.45, 7) is 2.53. The van der Waals surface area contributed by atoms with E-state index in [0.717, 1.165) is 16.8 Å². The highest BCUT2D eigenvalue weighted by atomic mass is 35.5. The highest BCUT2D eigenvalue weighted by molar-refractivity contribution is 6.33. The van der Waals surface area contributed by atoms with Gasteiger partial charge in [0.1, 0.15) is 22.9 Å². The Balaban J connectivity index is 2.22. The molecule has 6 heteroatoms. The van der Waals surface area contributed by atoms with Crippen molar-refractivity contribution in [3.05, 3.63) is 41.9 Å². The monoisotopic (exact) mass is 274 g/mol. The minimum absolute atomic E-state index is 0.394. The van der Waals surface area contributed by atoms with Crippen molar-refractivity contribution in [1.82, 2.24) is 19.7 Å². The Bertz CT molecular complexity index is 725. The maximum Gasteiger partial charge on any atom is 0.167 e. The lowest BCUT2D eigenvalue weighted by Gasteiger charge is -2.10. The molecule has 0 saturated carbocycles. The van der Waals surface area contributed by atoms with Crippen molar-refractivity contribution in [3.8, 4) is 11.4 Å². The maximum atomic E-state index is 6.02. The number of rotatable bonds is 3. The number of nitrogens with zero attached hydrogens (tertiary/aromatic N) is 4. The molecular weight excluding hydrogens is 264 g/mol. The molecule has 0 amide bonds. The van der Waals surface area contributed by atoms with Crippen LogP contribution in [0.15, 0.2) is 36.8 Å². The first-order valence-electron chi connectivity index (χ1n) is 5.87. The fourth-order valence-corrected chi connectivity index (χ4v) is 2.08. The van der Waals surface area contributed by atoms with Gasteiger partial charge in [-0.1, -0.05) is 23.7 Å². The third kappa shape index (κ3) is 2.02. The Kier molecular flexibility index (Phi) is 3.05. The van der Waals surface area contributed by atoms with E-state index in [1.54, 1.807) is 10.9 Å². The summed E-state index contributed by atoms with van der Waals surface area (Å²) >= 11 is 6.02. The fraction of sp³-hybridized carbons (Fsp3) is 0.154. The van der Waals surface area contributed by atoms with Gasteiger partial charge in [0.2, 0.25) is 0 Å². The minimum Gasteiger partial charge on any atom is -0.492 e. The normalized spacial score (nSPS) is 10.8. The molecule has 3 rings (SSSR count). The molecule has 0 N–H and O–H groups in total. The van der Waals surface area contributed by atoms with Crippen LogP contribution in [0.2, 0.25) is 5.15 Å². The van der Waals surface area contributed by atoms with Crippen LogP contribution < -0.4 is 4.74 Å². The number of fused-ring (bicyclic) bond motifs is 1. The summed E-state index contributed by atoms with van der Waals surface area (Å²) in [4.78, 5) is 8.17. The molecule has 0 aliphatic rings.